The number of benzene rings is 2. The van der Waals surface area contributed by atoms with Crippen LogP contribution in [0, 0.1) is 0 Å². The minimum Gasteiger partial charge on any atom is -0.490 e. The molecule has 19 heteroatoms. The number of nitrogens with one attached hydrogen (secondary N) is 1. The molecule has 0 aliphatic carbocycles. The molecule has 2 rings (SSSR count). The fourth-order valence-electron chi connectivity index (χ4n) is 3.43. The first-order valence-electron chi connectivity index (χ1n) is 13.6. The normalized spacial score (nSPS) is 11.1. The predicted molar refractivity (Wildman–Crippen MR) is 192 cm³/mol. The number of hydrogen-bond donors (Lipinski definition) is 2. The standard InChI is InChI=1S/C14H21BrN2O5S.C13H19BrN2O3.CH3ClO2S/c1-17(2)6-5-7-22-13-11(14(18)21-3)8-10(15)9-12(13)16-23(4,19)20;1-16(2)5-4-6-19-12-10(13(17)18-3)7-9(14)8-11(12)15;1-5(2,3)4/h8-9,16H,5-7H2,1-4H3;7-8H,4-6,15H2,1-3H3;1H3. The van der Waals surface area contributed by atoms with E-state index in [-0.39, 0.29) is 17.0 Å². The van der Waals surface area contributed by atoms with E-state index in [1.807, 2.05) is 33.1 Å². The largest absolute Gasteiger partial charge is 0.490 e. The summed E-state index contributed by atoms with van der Waals surface area (Å²) in [5.74, 6) is -0.529. The lowest BCUT2D eigenvalue weighted by molar-refractivity contribution is 0.0586. The van der Waals surface area contributed by atoms with E-state index in [0.717, 1.165) is 38.4 Å². The Balaban J connectivity index is 0.000000797. The number of carbonyl (C=O) groups is 2. The van der Waals surface area contributed by atoms with Crippen molar-refractivity contribution in [3.63, 3.8) is 0 Å². The van der Waals surface area contributed by atoms with Crippen LogP contribution < -0.4 is 19.9 Å². The van der Waals surface area contributed by atoms with Crippen molar-refractivity contribution in [2.45, 2.75) is 12.8 Å². The quantitative estimate of drug-likeness (QED) is 0.119. The summed E-state index contributed by atoms with van der Waals surface area (Å²) in [5, 5.41) is 0. The summed E-state index contributed by atoms with van der Waals surface area (Å²) in [6.07, 6.45) is 3.53. The Hall–Kier alpha value is -2.35. The van der Waals surface area contributed by atoms with Crippen LogP contribution in [0.1, 0.15) is 33.6 Å². The summed E-state index contributed by atoms with van der Waals surface area (Å²) in [7, 11) is 8.24. The molecule has 2 aromatic rings. The number of rotatable bonds is 14. The van der Waals surface area contributed by atoms with Crippen LogP contribution in [0.4, 0.5) is 11.4 Å². The molecule has 0 saturated heterocycles. The summed E-state index contributed by atoms with van der Waals surface area (Å²) >= 11 is 6.54. The van der Waals surface area contributed by atoms with Gasteiger partial charge < -0.3 is 34.5 Å². The third-order valence-corrected chi connectivity index (χ3v) is 6.74. The lowest BCUT2D eigenvalue weighted by atomic mass is 10.1. The third kappa shape index (κ3) is 20.6. The number of nitrogen functional groups attached to an aromatic ring is 1. The summed E-state index contributed by atoms with van der Waals surface area (Å²) < 4.78 is 66.2. The maximum absolute atomic E-state index is 11.9. The molecule has 0 spiro atoms. The molecule has 268 valence electrons. The van der Waals surface area contributed by atoms with Gasteiger partial charge in [0.1, 0.15) is 11.1 Å². The second-order valence-corrected chi connectivity index (χ2v) is 16.9. The minimum absolute atomic E-state index is 0.151. The van der Waals surface area contributed by atoms with Crippen LogP contribution in [0.3, 0.4) is 0 Å². The van der Waals surface area contributed by atoms with E-state index in [1.54, 1.807) is 12.1 Å². The average molecular weight is 855 g/mol. The molecular weight excluding hydrogens is 812 g/mol. The minimum atomic E-state index is -3.52. The van der Waals surface area contributed by atoms with E-state index in [1.165, 1.54) is 26.4 Å². The molecule has 0 aliphatic rings. The van der Waals surface area contributed by atoms with Crippen LogP contribution in [-0.2, 0) is 28.5 Å². The summed E-state index contributed by atoms with van der Waals surface area (Å²) in [4.78, 5) is 27.7. The van der Waals surface area contributed by atoms with Gasteiger partial charge >= 0.3 is 11.9 Å². The van der Waals surface area contributed by atoms with Crippen molar-refractivity contribution in [1.29, 1.82) is 0 Å². The zero-order chi connectivity index (χ0) is 36.5. The van der Waals surface area contributed by atoms with E-state index in [4.69, 9.17) is 24.7 Å². The number of anilines is 2. The number of methoxy groups -OCH3 is 2. The number of carbonyl (C=O) groups excluding carboxylic acids is 2. The fourth-order valence-corrected chi connectivity index (χ4v) is 4.92. The van der Waals surface area contributed by atoms with Gasteiger partial charge in [-0.15, -0.1) is 0 Å². The molecular formula is C28H43Br2ClN4O10S2. The maximum Gasteiger partial charge on any atom is 0.341 e. The Morgan fingerprint density at radius 2 is 1.17 bits per heavy atom. The molecule has 47 heavy (non-hydrogen) atoms. The first kappa shape index (κ1) is 44.6. The Labute approximate surface area is 298 Å². The fraction of sp³-hybridized carbons (Fsp3) is 0.500. The van der Waals surface area contributed by atoms with Gasteiger partial charge in [-0.05, 0) is 65.3 Å². The van der Waals surface area contributed by atoms with Crippen molar-refractivity contribution in [3.05, 3.63) is 44.3 Å². The molecule has 0 saturated carbocycles. The summed E-state index contributed by atoms with van der Waals surface area (Å²) in [5.41, 5.74) is 6.97. The zero-order valence-corrected chi connectivity index (χ0v) is 33.1. The van der Waals surface area contributed by atoms with Crippen LogP contribution in [0.25, 0.3) is 0 Å². The van der Waals surface area contributed by atoms with Gasteiger partial charge in [-0.2, -0.15) is 0 Å². The zero-order valence-electron chi connectivity index (χ0n) is 27.6. The number of hydrogen-bond acceptors (Lipinski definition) is 13. The SMILES string of the molecule is COC(=O)c1cc(Br)cc(N)c1OCCCN(C)C.COC(=O)c1cc(Br)cc(NS(C)(=O)=O)c1OCCCN(C)C.CS(=O)(=O)Cl. The van der Waals surface area contributed by atoms with Crippen molar-refractivity contribution in [2.24, 2.45) is 0 Å². The number of nitrogens with zero attached hydrogens (tertiary/aromatic N) is 2. The van der Waals surface area contributed by atoms with Crippen LogP contribution >= 0.6 is 42.5 Å². The predicted octanol–water partition coefficient (Wildman–Crippen LogP) is 4.27. The molecule has 0 aromatic heterocycles. The molecule has 0 radical (unpaired) electrons. The molecule has 0 amide bonds. The van der Waals surface area contributed by atoms with Gasteiger partial charge in [0.15, 0.2) is 11.5 Å². The molecule has 3 N–H and O–H groups in total. The highest BCUT2D eigenvalue weighted by atomic mass is 79.9. The van der Waals surface area contributed by atoms with Crippen molar-refractivity contribution in [1.82, 2.24) is 9.80 Å². The molecule has 0 heterocycles. The highest BCUT2D eigenvalue weighted by molar-refractivity contribution is 9.10. The third-order valence-electron chi connectivity index (χ3n) is 5.23. The molecule has 2 aromatic carbocycles. The molecule has 0 aliphatic heterocycles. The van der Waals surface area contributed by atoms with Gasteiger partial charge in [-0.3, -0.25) is 4.72 Å². The molecule has 0 bridgehead atoms. The van der Waals surface area contributed by atoms with E-state index in [9.17, 15) is 26.4 Å². The summed E-state index contributed by atoms with van der Waals surface area (Å²) in [6, 6.07) is 6.41. The Bertz CT molecular complexity index is 1540. The van der Waals surface area contributed by atoms with Crippen LogP contribution in [0.15, 0.2) is 33.2 Å². The smallest absolute Gasteiger partial charge is 0.341 e. The van der Waals surface area contributed by atoms with E-state index >= 15 is 0 Å². The van der Waals surface area contributed by atoms with E-state index in [0.29, 0.717) is 39.2 Å². The lowest BCUT2D eigenvalue weighted by Gasteiger charge is -2.17. The number of sulfonamides is 1. The highest BCUT2D eigenvalue weighted by Crippen LogP contribution is 2.34. The van der Waals surface area contributed by atoms with Gasteiger partial charge in [0.2, 0.25) is 19.1 Å². The first-order chi connectivity index (χ1) is 21.6. The summed E-state index contributed by atoms with van der Waals surface area (Å²) in [6.45, 7) is 2.54. The van der Waals surface area contributed by atoms with Gasteiger partial charge in [0.25, 0.3) is 0 Å². The monoisotopic (exact) mass is 852 g/mol. The number of ether oxygens (including phenoxy) is 4. The van der Waals surface area contributed by atoms with E-state index in [2.05, 4.69) is 52.2 Å². The first-order valence-corrected chi connectivity index (χ1v) is 19.8. The van der Waals surface area contributed by atoms with Crippen LogP contribution in [0.2, 0.25) is 0 Å². The van der Waals surface area contributed by atoms with Crippen molar-refractivity contribution in [3.8, 4) is 11.5 Å². The van der Waals surface area contributed by atoms with Crippen LogP contribution in [0.5, 0.6) is 11.5 Å². The molecule has 0 unspecified atom stereocenters. The highest BCUT2D eigenvalue weighted by Gasteiger charge is 2.21. The molecule has 14 nitrogen and oxygen atoms in total. The Kier molecular flexibility index (Phi) is 20.5. The lowest BCUT2D eigenvalue weighted by Crippen LogP contribution is -2.17. The van der Waals surface area contributed by atoms with Gasteiger partial charge in [-0.1, -0.05) is 31.9 Å². The maximum atomic E-state index is 11.9. The topological polar surface area (TPSA) is 184 Å². The van der Waals surface area contributed by atoms with Gasteiger partial charge in [-0.25, -0.2) is 26.4 Å². The van der Waals surface area contributed by atoms with Crippen molar-refractivity contribution < 1.29 is 45.4 Å². The average Bonchev–Trinajstić information content (AvgIpc) is 2.92. The van der Waals surface area contributed by atoms with Crippen molar-refractivity contribution >= 4 is 84.9 Å². The Morgan fingerprint density at radius 1 is 0.787 bits per heavy atom. The van der Waals surface area contributed by atoms with Gasteiger partial charge in [0, 0.05) is 32.7 Å². The number of esters is 2. The van der Waals surface area contributed by atoms with Crippen molar-refractivity contribution in [2.75, 3.05) is 91.7 Å². The molecule has 0 atom stereocenters. The van der Waals surface area contributed by atoms with Gasteiger partial charge in [0.05, 0.1) is 51.3 Å². The van der Waals surface area contributed by atoms with E-state index < -0.39 is 31.0 Å². The number of nitrogens with two attached hydrogens (primary N) is 1. The molecule has 0 fully saturated rings. The second kappa shape index (κ2) is 21.6. The second-order valence-electron chi connectivity index (χ2n) is 10.3. The Morgan fingerprint density at radius 3 is 1.55 bits per heavy atom. The number of halogens is 3. The van der Waals surface area contributed by atoms with Crippen LogP contribution in [-0.4, -0.2) is 120 Å².